The molecule has 2 aromatic rings. The maximum atomic E-state index is 14.9. The first-order valence-corrected chi connectivity index (χ1v) is 22.1. The normalized spacial score (nSPS) is 29.7. The molecular formula is C42H55F2N5O9S. The van der Waals surface area contributed by atoms with Crippen LogP contribution in [0.4, 0.5) is 13.6 Å². The topological polar surface area (TPSA) is 182 Å². The Bertz CT molecular complexity index is 2160. The van der Waals surface area contributed by atoms with E-state index in [2.05, 4.69) is 15.4 Å². The lowest BCUT2D eigenvalue weighted by atomic mass is 9.88. The molecule has 0 spiro atoms. The van der Waals surface area contributed by atoms with Gasteiger partial charge in [-0.2, -0.15) is 0 Å². The lowest BCUT2D eigenvalue weighted by Gasteiger charge is -2.35. The molecule has 2 aliphatic carbocycles. The van der Waals surface area contributed by atoms with Crippen molar-refractivity contribution in [3.8, 4) is 11.6 Å². The highest BCUT2D eigenvalue weighted by molar-refractivity contribution is 7.91. The number of benzene rings is 1. The lowest BCUT2D eigenvalue weighted by Crippen LogP contribution is -2.59. The molecule has 1 aromatic heterocycles. The Morgan fingerprint density at radius 3 is 2.49 bits per heavy atom. The Kier molecular flexibility index (Phi) is 11.2. The van der Waals surface area contributed by atoms with Crippen LogP contribution in [0.1, 0.15) is 98.6 Å². The highest BCUT2D eigenvalue weighted by atomic mass is 32.2. The Labute approximate surface area is 343 Å². The van der Waals surface area contributed by atoms with Crippen molar-refractivity contribution in [2.24, 2.45) is 17.8 Å². The quantitative estimate of drug-likeness (QED) is 0.294. The van der Waals surface area contributed by atoms with Gasteiger partial charge in [0, 0.05) is 30.0 Å². The van der Waals surface area contributed by atoms with Gasteiger partial charge in [-0.25, -0.2) is 27.0 Å². The molecule has 322 valence electrons. The standard InChI is InChI=1S/C42H55F2N5O9S/c1-24-12-7-8-13-26-22-42(26,37(52)48-59(54,55)40(5)17-18-40)47-34(50)31-21-27(57-35-29-15-10-9-14-28(29)33-30(45-35)16-11-19-56-33)23-49(31)36(51)32(25(2)20-24)46-38(53)58-39(3,4)41(6,43)44/h8-10,13-15,24-27,31-32H,7,11-12,16-23H2,1-6H3,(H,46,53)(H,47,50)(H,48,52). The number of pyridine rings is 1. The zero-order valence-electron chi connectivity index (χ0n) is 34.4. The van der Waals surface area contributed by atoms with E-state index in [1.165, 1.54) is 4.90 Å². The molecule has 17 heteroatoms. The molecule has 1 aromatic carbocycles. The number of alkyl carbamates (subject to hydrolysis) is 1. The molecular weight excluding hydrogens is 789 g/mol. The van der Waals surface area contributed by atoms with Crippen molar-refractivity contribution < 1.29 is 50.6 Å². The van der Waals surface area contributed by atoms with Crippen molar-refractivity contribution in [2.45, 2.75) is 139 Å². The van der Waals surface area contributed by atoms with Crippen LogP contribution < -0.4 is 24.8 Å². The predicted molar refractivity (Wildman–Crippen MR) is 213 cm³/mol. The van der Waals surface area contributed by atoms with Crippen LogP contribution >= 0.6 is 0 Å². The predicted octanol–water partition coefficient (Wildman–Crippen LogP) is 5.32. The molecule has 7 rings (SSSR count). The lowest BCUT2D eigenvalue weighted by molar-refractivity contribution is -0.152. The number of amides is 4. The minimum atomic E-state index is -4.05. The van der Waals surface area contributed by atoms with E-state index in [0.717, 1.165) is 25.7 Å². The number of aromatic nitrogens is 1. The van der Waals surface area contributed by atoms with E-state index >= 15 is 0 Å². The Morgan fingerprint density at radius 1 is 1.08 bits per heavy atom. The number of carbonyl (C=O) groups is 4. The van der Waals surface area contributed by atoms with Crippen molar-refractivity contribution in [3.05, 3.63) is 42.1 Å². The molecule has 7 unspecified atom stereocenters. The van der Waals surface area contributed by atoms with Gasteiger partial charge in [0.2, 0.25) is 27.7 Å². The maximum Gasteiger partial charge on any atom is 0.408 e. The summed E-state index contributed by atoms with van der Waals surface area (Å²) in [6.07, 6.45) is 5.72. The maximum absolute atomic E-state index is 14.9. The summed E-state index contributed by atoms with van der Waals surface area (Å²) in [5, 5.41) is 6.90. The smallest absolute Gasteiger partial charge is 0.408 e. The molecule has 3 N–H and O–H groups in total. The van der Waals surface area contributed by atoms with Crippen LogP contribution in [-0.2, 0) is 35.6 Å². The zero-order valence-corrected chi connectivity index (χ0v) is 35.3. The number of rotatable bonds is 8. The second kappa shape index (κ2) is 15.5. The first-order valence-electron chi connectivity index (χ1n) is 20.6. The van der Waals surface area contributed by atoms with Gasteiger partial charge in [-0.3, -0.25) is 19.1 Å². The number of allylic oxidation sites excluding steroid dienone is 1. The minimum absolute atomic E-state index is 0.0264. The number of fused-ring (bicyclic) bond motifs is 5. The second-order valence-electron chi connectivity index (χ2n) is 18.1. The first-order chi connectivity index (χ1) is 27.6. The highest BCUT2D eigenvalue weighted by Gasteiger charge is 2.63. The van der Waals surface area contributed by atoms with Crippen molar-refractivity contribution in [1.82, 2.24) is 25.2 Å². The van der Waals surface area contributed by atoms with Gasteiger partial charge < -0.3 is 29.7 Å². The molecule has 2 saturated carbocycles. The van der Waals surface area contributed by atoms with E-state index in [1.807, 2.05) is 43.3 Å². The van der Waals surface area contributed by atoms with Gasteiger partial charge in [0.1, 0.15) is 29.5 Å². The van der Waals surface area contributed by atoms with Gasteiger partial charge in [-0.05, 0) is 90.0 Å². The summed E-state index contributed by atoms with van der Waals surface area (Å²) in [7, 11) is -4.05. The summed E-state index contributed by atoms with van der Waals surface area (Å²) < 4.78 is 74.3. The van der Waals surface area contributed by atoms with E-state index in [1.54, 1.807) is 13.8 Å². The minimum Gasteiger partial charge on any atom is -0.491 e. The van der Waals surface area contributed by atoms with Gasteiger partial charge in [0.25, 0.3) is 11.8 Å². The Hall–Kier alpha value is -4.54. The van der Waals surface area contributed by atoms with E-state index in [0.29, 0.717) is 68.9 Å². The summed E-state index contributed by atoms with van der Waals surface area (Å²) in [6, 6.07) is 4.91. The molecule has 7 atom stereocenters. The van der Waals surface area contributed by atoms with Crippen LogP contribution in [0.5, 0.6) is 11.6 Å². The molecule has 4 heterocycles. The average Bonchev–Trinajstić information content (AvgIpc) is 4.04. The fourth-order valence-corrected chi connectivity index (χ4v) is 9.64. The van der Waals surface area contributed by atoms with Crippen LogP contribution in [0, 0.1) is 17.8 Å². The largest absolute Gasteiger partial charge is 0.491 e. The van der Waals surface area contributed by atoms with E-state index < -0.39 is 85.7 Å². The molecule has 0 radical (unpaired) electrons. The third-order valence-corrected chi connectivity index (χ3v) is 15.1. The molecule has 3 fully saturated rings. The number of nitrogens with one attached hydrogen (secondary N) is 3. The number of ether oxygens (including phenoxy) is 3. The number of carbonyl (C=O) groups excluding carboxylic acids is 4. The number of alkyl halides is 2. The molecule has 3 aliphatic heterocycles. The van der Waals surface area contributed by atoms with Crippen LogP contribution in [-0.4, -0.2) is 95.3 Å². The molecule has 1 saturated heterocycles. The molecule has 59 heavy (non-hydrogen) atoms. The number of halogens is 2. The van der Waals surface area contributed by atoms with Gasteiger partial charge in [0.15, 0.2) is 5.60 Å². The van der Waals surface area contributed by atoms with Crippen molar-refractivity contribution in [1.29, 1.82) is 0 Å². The van der Waals surface area contributed by atoms with E-state index in [9.17, 15) is 36.4 Å². The summed E-state index contributed by atoms with van der Waals surface area (Å²) in [4.78, 5) is 63.0. The molecule has 4 amide bonds. The number of hydrogen-bond donors (Lipinski definition) is 3. The summed E-state index contributed by atoms with van der Waals surface area (Å²) in [5.74, 6) is -5.72. The average molecular weight is 844 g/mol. The van der Waals surface area contributed by atoms with Gasteiger partial charge >= 0.3 is 6.09 Å². The Morgan fingerprint density at radius 2 is 1.80 bits per heavy atom. The van der Waals surface area contributed by atoms with Crippen LogP contribution in [0.3, 0.4) is 0 Å². The fourth-order valence-electron chi connectivity index (χ4n) is 8.32. The Balaban J connectivity index is 1.24. The zero-order chi connectivity index (χ0) is 42.7. The SMILES string of the molecule is CC1CCC=CC2CC2(C(=O)NS(=O)(=O)C2(C)CC2)NC(=O)C2CC(Oc3nc4c(c5ccccc35)OCCC4)CN2C(=O)C(NC(=O)OC(C)(C)C(C)(F)F)C(C)C1. The molecule has 5 aliphatic rings. The molecule has 14 nitrogen and oxygen atoms in total. The van der Waals surface area contributed by atoms with Crippen LogP contribution in [0.2, 0.25) is 0 Å². The van der Waals surface area contributed by atoms with Crippen LogP contribution in [0.15, 0.2) is 36.4 Å². The molecule has 0 bridgehead atoms. The number of nitrogens with zero attached hydrogens (tertiary/aromatic N) is 2. The third kappa shape index (κ3) is 8.45. The van der Waals surface area contributed by atoms with Crippen molar-refractivity contribution >= 4 is 44.6 Å². The van der Waals surface area contributed by atoms with Gasteiger partial charge in [-0.15, -0.1) is 0 Å². The summed E-state index contributed by atoms with van der Waals surface area (Å²) >= 11 is 0. The summed E-state index contributed by atoms with van der Waals surface area (Å²) in [6.45, 7) is 8.53. The number of sulfonamides is 1. The fraction of sp³-hybridized carbons (Fsp3) is 0.643. The second-order valence-corrected chi connectivity index (χ2v) is 20.3. The van der Waals surface area contributed by atoms with E-state index in [-0.39, 0.29) is 31.2 Å². The van der Waals surface area contributed by atoms with Crippen molar-refractivity contribution in [2.75, 3.05) is 13.2 Å². The van der Waals surface area contributed by atoms with Gasteiger partial charge in [-0.1, -0.05) is 44.2 Å². The van der Waals surface area contributed by atoms with Crippen LogP contribution in [0.25, 0.3) is 10.8 Å². The number of hydrogen-bond acceptors (Lipinski definition) is 10. The third-order valence-electron chi connectivity index (χ3n) is 12.9. The van der Waals surface area contributed by atoms with Crippen molar-refractivity contribution in [3.63, 3.8) is 0 Å². The highest BCUT2D eigenvalue weighted by Crippen LogP contribution is 2.48. The monoisotopic (exact) mass is 843 g/mol. The first kappa shape index (κ1) is 42.6. The van der Waals surface area contributed by atoms with E-state index in [4.69, 9.17) is 19.2 Å². The van der Waals surface area contributed by atoms with Gasteiger partial charge in [0.05, 0.1) is 23.6 Å². The number of aryl methyl sites for hydroxylation is 1. The summed E-state index contributed by atoms with van der Waals surface area (Å²) in [5.41, 5.74) is -3.10.